The van der Waals surface area contributed by atoms with Crippen LogP contribution in [-0.2, 0) is 16.0 Å². The SMILES string of the molecule is O=C(O)C(CNC(=O)C1CCCC(C(F)(F)F)C1)Cc1ccccc1. The number of aliphatic carboxylic acids is 1. The summed E-state index contributed by atoms with van der Waals surface area (Å²) >= 11 is 0. The molecular formula is C18H22F3NO3. The lowest BCUT2D eigenvalue weighted by Crippen LogP contribution is -2.40. The number of alkyl halides is 3. The van der Waals surface area contributed by atoms with Crippen LogP contribution in [0.2, 0.25) is 0 Å². The zero-order chi connectivity index (χ0) is 18.4. The molecule has 1 amide bonds. The highest BCUT2D eigenvalue weighted by Gasteiger charge is 2.43. The molecule has 0 radical (unpaired) electrons. The molecule has 0 saturated heterocycles. The van der Waals surface area contributed by atoms with Crippen molar-refractivity contribution in [3.63, 3.8) is 0 Å². The summed E-state index contributed by atoms with van der Waals surface area (Å²) in [4.78, 5) is 23.6. The fourth-order valence-corrected chi connectivity index (χ4v) is 3.24. The van der Waals surface area contributed by atoms with Gasteiger partial charge in [-0.2, -0.15) is 13.2 Å². The smallest absolute Gasteiger partial charge is 0.391 e. The fraction of sp³-hybridized carbons (Fsp3) is 0.556. The largest absolute Gasteiger partial charge is 0.481 e. The van der Waals surface area contributed by atoms with Gasteiger partial charge in [-0.15, -0.1) is 0 Å². The van der Waals surface area contributed by atoms with Gasteiger partial charge < -0.3 is 10.4 Å². The van der Waals surface area contributed by atoms with Crippen LogP contribution in [0.5, 0.6) is 0 Å². The first-order chi connectivity index (χ1) is 11.8. The van der Waals surface area contributed by atoms with E-state index in [0.29, 0.717) is 12.8 Å². The van der Waals surface area contributed by atoms with Gasteiger partial charge in [-0.05, 0) is 31.2 Å². The molecule has 0 aliphatic heterocycles. The molecule has 0 heterocycles. The molecule has 1 aliphatic carbocycles. The molecule has 0 spiro atoms. The van der Waals surface area contributed by atoms with Crippen LogP contribution >= 0.6 is 0 Å². The van der Waals surface area contributed by atoms with Crippen molar-refractivity contribution in [2.45, 2.75) is 38.3 Å². The summed E-state index contributed by atoms with van der Waals surface area (Å²) in [6.45, 7) is -0.0871. The van der Waals surface area contributed by atoms with E-state index in [1.54, 1.807) is 24.3 Å². The van der Waals surface area contributed by atoms with Gasteiger partial charge in [0.25, 0.3) is 0 Å². The minimum Gasteiger partial charge on any atom is -0.481 e. The molecule has 4 nitrogen and oxygen atoms in total. The summed E-state index contributed by atoms with van der Waals surface area (Å²) in [5.41, 5.74) is 0.832. The third-order valence-corrected chi connectivity index (χ3v) is 4.70. The first kappa shape index (κ1) is 19.3. The van der Waals surface area contributed by atoms with E-state index in [1.165, 1.54) is 0 Å². The Hall–Kier alpha value is -2.05. The van der Waals surface area contributed by atoms with Crippen molar-refractivity contribution in [2.75, 3.05) is 6.54 Å². The first-order valence-corrected chi connectivity index (χ1v) is 8.38. The molecule has 25 heavy (non-hydrogen) atoms. The number of halogens is 3. The number of amides is 1. The Balaban J connectivity index is 1.89. The van der Waals surface area contributed by atoms with E-state index < -0.39 is 35.8 Å². The molecular weight excluding hydrogens is 335 g/mol. The van der Waals surface area contributed by atoms with Gasteiger partial charge in [0.1, 0.15) is 0 Å². The van der Waals surface area contributed by atoms with E-state index in [0.717, 1.165) is 5.56 Å². The summed E-state index contributed by atoms with van der Waals surface area (Å²) in [6.07, 6.45) is -3.42. The number of carboxylic acids is 1. The molecule has 1 aromatic rings. The number of nitrogens with one attached hydrogen (secondary N) is 1. The second kappa shape index (κ2) is 8.36. The summed E-state index contributed by atoms with van der Waals surface area (Å²) < 4.78 is 38.5. The maximum atomic E-state index is 12.8. The Morgan fingerprint density at radius 1 is 1.20 bits per heavy atom. The molecule has 1 aromatic carbocycles. The Morgan fingerprint density at radius 3 is 2.48 bits per heavy atom. The number of hydrogen-bond acceptors (Lipinski definition) is 2. The summed E-state index contributed by atoms with van der Waals surface area (Å²) in [6, 6.07) is 9.01. The van der Waals surface area contributed by atoms with Crippen molar-refractivity contribution >= 4 is 11.9 Å². The average molecular weight is 357 g/mol. The highest BCUT2D eigenvalue weighted by atomic mass is 19.4. The minimum absolute atomic E-state index is 0.0546. The molecule has 0 bridgehead atoms. The number of rotatable bonds is 6. The van der Waals surface area contributed by atoms with Gasteiger partial charge in [0.05, 0.1) is 11.8 Å². The zero-order valence-corrected chi connectivity index (χ0v) is 13.8. The van der Waals surface area contributed by atoms with Gasteiger partial charge in [0.15, 0.2) is 0 Å². The van der Waals surface area contributed by atoms with E-state index in [9.17, 15) is 27.9 Å². The molecule has 1 aliphatic rings. The van der Waals surface area contributed by atoms with Crippen molar-refractivity contribution in [3.05, 3.63) is 35.9 Å². The Kier molecular flexibility index (Phi) is 6.45. The van der Waals surface area contributed by atoms with Crippen LogP contribution in [0.25, 0.3) is 0 Å². The monoisotopic (exact) mass is 357 g/mol. The first-order valence-electron chi connectivity index (χ1n) is 8.38. The second-order valence-electron chi connectivity index (χ2n) is 6.57. The van der Waals surface area contributed by atoms with Crippen LogP contribution in [0.1, 0.15) is 31.2 Å². The lowest BCUT2D eigenvalue weighted by molar-refractivity contribution is -0.186. The quantitative estimate of drug-likeness (QED) is 0.820. The van der Waals surface area contributed by atoms with Crippen LogP contribution in [0.4, 0.5) is 13.2 Å². The summed E-state index contributed by atoms with van der Waals surface area (Å²) in [7, 11) is 0. The summed E-state index contributed by atoms with van der Waals surface area (Å²) in [5, 5.41) is 11.8. The molecule has 138 valence electrons. The molecule has 3 atom stereocenters. The highest BCUT2D eigenvalue weighted by Crippen LogP contribution is 2.39. The number of benzene rings is 1. The van der Waals surface area contributed by atoms with Crippen molar-refractivity contribution in [1.29, 1.82) is 0 Å². The molecule has 1 fully saturated rings. The van der Waals surface area contributed by atoms with Crippen molar-refractivity contribution < 1.29 is 27.9 Å². The average Bonchev–Trinajstić information content (AvgIpc) is 2.58. The van der Waals surface area contributed by atoms with Crippen LogP contribution in [0, 0.1) is 17.8 Å². The van der Waals surface area contributed by atoms with Crippen molar-refractivity contribution in [1.82, 2.24) is 5.32 Å². The Labute approximate surface area is 144 Å². The van der Waals surface area contributed by atoms with Gasteiger partial charge in [-0.3, -0.25) is 9.59 Å². The van der Waals surface area contributed by atoms with Gasteiger partial charge in [0.2, 0.25) is 5.91 Å². The maximum Gasteiger partial charge on any atom is 0.391 e. The zero-order valence-electron chi connectivity index (χ0n) is 13.8. The van der Waals surface area contributed by atoms with Gasteiger partial charge in [-0.1, -0.05) is 36.8 Å². The third kappa shape index (κ3) is 5.76. The predicted octanol–water partition coefficient (Wildman–Crippen LogP) is 3.41. The minimum atomic E-state index is -4.28. The third-order valence-electron chi connectivity index (χ3n) is 4.70. The lowest BCUT2D eigenvalue weighted by Gasteiger charge is -2.30. The molecule has 2 rings (SSSR count). The molecule has 0 aromatic heterocycles. The van der Waals surface area contributed by atoms with Crippen LogP contribution in [0.3, 0.4) is 0 Å². The highest BCUT2D eigenvalue weighted by molar-refractivity contribution is 5.79. The maximum absolute atomic E-state index is 12.8. The van der Waals surface area contributed by atoms with Gasteiger partial charge in [-0.25, -0.2) is 0 Å². The van der Waals surface area contributed by atoms with E-state index >= 15 is 0 Å². The second-order valence-corrected chi connectivity index (χ2v) is 6.57. The predicted molar refractivity (Wildman–Crippen MR) is 85.8 cm³/mol. The van der Waals surface area contributed by atoms with Crippen LogP contribution in [-0.4, -0.2) is 29.7 Å². The Bertz CT molecular complexity index is 589. The van der Waals surface area contributed by atoms with E-state index in [4.69, 9.17) is 0 Å². The molecule has 1 saturated carbocycles. The topological polar surface area (TPSA) is 66.4 Å². The van der Waals surface area contributed by atoms with Gasteiger partial charge >= 0.3 is 12.1 Å². The molecule has 2 N–H and O–H groups in total. The standard InChI is InChI=1S/C18H22F3NO3/c19-18(20,21)15-8-4-7-13(10-15)16(23)22-11-14(17(24)25)9-12-5-2-1-3-6-12/h1-3,5-6,13-15H,4,7-11H2,(H,22,23)(H,24,25). The van der Waals surface area contributed by atoms with Crippen LogP contribution in [0.15, 0.2) is 30.3 Å². The molecule has 7 heteroatoms. The normalized spacial score (nSPS) is 22.2. The molecule has 3 unspecified atom stereocenters. The van der Waals surface area contributed by atoms with E-state index in [2.05, 4.69) is 5.32 Å². The number of carbonyl (C=O) groups is 2. The summed E-state index contributed by atoms with van der Waals surface area (Å²) in [5.74, 6) is -4.48. The van der Waals surface area contributed by atoms with Crippen molar-refractivity contribution in [2.24, 2.45) is 17.8 Å². The Morgan fingerprint density at radius 2 is 1.88 bits per heavy atom. The van der Waals surface area contributed by atoms with Gasteiger partial charge in [0, 0.05) is 12.5 Å². The number of carbonyl (C=O) groups excluding carboxylic acids is 1. The van der Waals surface area contributed by atoms with Crippen molar-refractivity contribution in [3.8, 4) is 0 Å². The van der Waals surface area contributed by atoms with E-state index in [-0.39, 0.29) is 25.8 Å². The number of carboxylic acid groups (broad SMARTS) is 1. The fourth-order valence-electron chi connectivity index (χ4n) is 3.24. The number of hydrogen-bond donors (Lipinski definition) is 2. The van der Waals surface area contributed by atoms with Crippen LogP contribution < -0.4 is 5.32 Å². The van der Waals surface area contributed by atoms with E-state index in [1.807, 2.05) is 6.07 Å². The lowest BCUT2D eigenvalue weighted by atomic mass is 9.80.